The molecule has 0 saturated heterocycles. The Labute approximate surface area is 123 Å². The minimum atomic E-state index is -0.909. The summed E-state index contributed by atoms with van der Waals surface area (Å²) in [6.07, 6.45) is 4.61. The molecule has 1 aliphatic rings. The average molecular weight is 291 g/mol. The number of hydrogen-bond acceptors (Lipinski definition) is 3. The van der Waals surface area contributed by atoms with Crippen LogP contribution in [0.15, 0.2) is 12.2 Å². The maximum atomic E-state index is 12.3. The summed E-state index contributed by atoms with van der Waals surface area (Å²) in [6.45, 7) is 4.24. The van der Waals surface area contributed by atoms with Gasteiger partial charge in [-0.25, -0.2) is 0 Å². The molecule has 0 aliphatic heterocycles. The van der Waals surface area contributed by atoms with E-state index in [-0.39, 0.29) is 5.91 Å². The molecule has 2 atom stereocenters. The zero-order valence-corrected chi connectivity index (χ0v) is 12.6. The zero-order valence-electron chi connectivity index (χ0n) is 12.6. The Morgan fingerprint density at radius 2 is 1.95 bits per heavy atom. The third-order valence-electron chi connectivity index (χ3n) is 4.18. The number of carbonyl (C=O) groups excluding carboxylic acids is 1. The summed E-state index contributed by atoms with van der Waals surface area (Å²) in [6, 6.07) is 0. The lowest BCUT2D eigenvalue weighted by atomic mass is 9.82. The molecule has 0 fully saturated rings. The predicted molar refractivity (Wildman–Crippen MR) is 77.5 cm³/mol. The minimum Gasteiger partial charge on any atom is -0.481 e. The quantitative estimate of drug-likeness (QED) is 0.819. The second-order valence-electron chi connectivity index (χ2n) is 5.48. The second-order valence-corrected chi connectivity index (χ2v) is 5.48. The van der Waals surface area contributed by atoms with Crippen LogP contribution in [-0.4, -0.2) is 26.8 Å². The van der Waals surface area contributed by atoms with E-state index in [1.54, 1.807) is 4.68 Å². The number of hydrogen-bond donors (Lipinski definition) is 2. The Morgan fingerprint density at radius 3 is 2.48 bits per heavy atom. The van der Waals surface area contributed by atoms with Crippen LogP contribution in [0.3, 0.4) is 0 Å². The molecular weight excluding hydrogens is 270 g/mol. The van der Waals surface area contributed by atoms with Gasteiger partial charge in [0, 0.05) is 24.8 Å². The summed E-state index contributed by atoms with van der Waals surface area (Å²) in [4.78, 5) is 23.5. The standard InChI is InChI=1S/C15H21N3O3/c1-9-13(10(2)18(3)17-9)8-16-14(19)11-6-4-5-7-12(11)15(20)21/h4-5,11-12H,6-8H2,1-3H3,(H,16,19)(H,20,21). The third kappa shape index (κ3) is 3.15. The van der Waals surface area contributed by atoms with Crippen molar-refractivity contribution < 1.29 is 14.7 Å². The van der Waals surface area contributed by atoms with Crippen molar-refractivity contribution in [1.29, 1.82) is 0 Å². The number of rotatable bonds is 4. The van der Waals surface area contributed by atoms with Crippen LogP contribution in [0.1, 0.15) is 29.8 Å². The van der Waals surface area contributed by atoms with Gasteiger partial charge in [0.05, 0.1) is 17.5 Å². The van der Waals surface area contributed by atoms with Crippen molar-refractivity contribution in [3.05, 3.63) is 29.1 Å². The van der Waals surface area contributed by atoms with Gasteiger partial charge in [0.2, 0.25) is 5.91 Å². The van der Waals surface area contributed by atoms with Gasteiger partial charge in [-0.2, -0.15) is 5.10 Å². The highest BCUT2D eigenvalue weighted by molar-refractivity contribution is 5.85. The molecule has 1 heterocycles. The smallest absolute Gasteiger partial charge is 0.307 e. The topological polar surface area (TPSA) is 84.2 Å². The largest absolute Gasteiger partial charge is 0.481 e. The number of nitrogens with zero attached hydrogens (tertiary/aromatic N) is 2. The summed E-state index contributed by atoms with van der Waals surface area (Å²) >= 11 is 0. The van der Waals surface area contributed by atoms with Gasteiger partial charge in [-0.3, -0.25) is 14.3 Å². The number of amides is 1. The Kier molecular flexibility index (Phi) is 4.45. The molecule has 2 rings (SSSR count). The lowest BCUT2D eigenvalue weighted by molar-refractivity contribution is -0.147. The van der Waals surface area contributed by atoms with Crippen molar-refractivity contribution in [2.75, 3.05) is 0 Å². The molecule has 21 heavy (non-hydrogen) atoms. The van der Waals surface area contributed by atoms with E-state index in [9.17, 15) is 14.7 Å². The Morgan fingerprint density at radius 1 is 1.33 bits per heavy atom. The number of aliphatic carboxylic acids is 1. The fraction of sp³-hybridized carbons (Fsp3) is 0.533. The summed E-state index contributed by atoms with van der Waals surface area (Å²) in [7, 11) is 1.86. The molecule has 1 aromatic heterocycles. The van der Waals surface area contributed by atoms with E-state index in [1.807, 2.05) is 33.0 Å². The van der Waals surface area contributed by atoms with E-state index < -0.39 is 17.8 Å². The highest BCUT2D eigenvalue weighted by Gasteiger charge is 2.33. The first kappa shape index (κ1) is 15.3. The summed E-state index contributed by atoms with van der Waals surface area (Å²) in [5.74, 6) is -2.24. The first-order valence-electron chi connectivity index (χ1n) is 7.06. The second kappa shape index (κ2) is 6.11. The average Bonchev–Trinajstić information content (AvgIpc) is 2.70. The Balaban J connectivity index is 2.04. The van der Waals surface area contributed by atoms with Gasteiger partial charge in [0.15, 0.2) is 0 Å². The van der Waals surface area contributed by atoms with Gasteiger partial charge in [-0.15, -0.1) is 0 Å². The number of carboxylic acids is 1. The summed E-state index contributed by atoms with van der Waals surface area (Å²) < 4.78 is 1.78. The number of carbonyl (C=O) groups is 2. The molecule has 2 N–H and O–H groups in total. The fourth-order valence-electron chi connectivity index (χ4n) is 2.76. The SMILES string of the molecule is Cc1nn(C)c(C)c1CNC(=O)C1CC=CCC1C(=O)O. The lowest BCUT2D eigenvalue weighted by Gasteiger charge is -2.24. The van der Waals surface area contributed by atoms with Crippen molar-refractivity contribution in [1.82, 2.24) is 15.1 Å². The zero-order chi connectivity index (χ0) is 15.6. The first-order valence-corrected chi connectivity index (χ1v) is 7.06. The van der Waals surface area contributed by atoms with E-state index in [4.69, 9.17) is 0 Å². The van der Waals surface area contributed by atoms with Crippen molar-refractivity contribution in [3.63, 3.8) is 0 Å². The maximum absolute atomic E-state index is 12.3. The van der Waals surface area contributed by atoms with Crippen LogP contribution in [0.25, 0.3) is 0 Å². The monoisotopic (exact) mass is 291 g/mol. The van der Waals surface area contributed by atoms with E-state index in [0.717, 1.165) is 17.0 Å². The van der Waals surface area contributed by atoms with Gasteiger partial charge in [0.25, 0.3) is 0 Å². The van der Waals surface area contributed by atoms with Gasteiger partial charge in [-0.1, -0.05) is 12.2 Å². The number of allylic oxidation sites excluding steroid dienone is 2. The van der Waals surface area contributed by atoms with Crippen LogP contribution < -0.4 is 5.32 Å². The molecule has 0 spiro atoms. The van der Waals surface area contributed by atoms with Crippen LogP contribution in [0.2, 0.25) is 0 Å². The van der Waals surface area contributed by atoms with Crippen LogP contribution >= 0.6 is 0 Å². The number of carboxylic acid groups (broad SMARTS) is 1. The number of nitrogens with one attached hydrogen (secondary N) is 1. The van der Waals surface area contributed by atoms with Crippen molar-refractivity contribution in [2.24, 2.45) is 18.9 Å². The molecule has 6 nitrogen and oxygen atoms in total. The van der Waals surface area contributed by atoms with E-state index in [1.165, 1.54) is 0 Å². The number of aromatic nitrogens is 2. The molecule has 0 radical (unpaired) electrons. The molecule has 114 valence electrons. The fourth-order valence-corrected chi connectivity index (χ4v) is 2.76. The Bertz CT molecular complexity index is 589. The predicted octanol–water partition coefficient (Wildman–Crippen LogP) is 1.32. The van der Waals surface area contributed by atoms with Gasteiger partial charge < -0.3 is 10.4 Å². The van der Waals surface area contributed by atoms with Crippen LogP contribution in [0.4, 0.5) is 0 Å². The van der Waals surface area contributed by atoms with E-state index in [2.05, 4.69) is 10.4 Å². The minimum absolute atomic E-state index is 0.200. The lowest BCUT2D eigenvalue weighted by Crippen LogP contribution is -2.38. The maximum Gasteiger partial charge on any atom is 0.307 e. The molecule has 2 unspecified atom stereocenters. The van der Waals surface area contributed by atoms with Gasteiger partial charge >= 0.3 is 5.97 Å². The first-order chi connectivity index (χ1) is 9.91. The summed E-state index contributed by atoms with van der Waals surface area (Å²) in [5.41, 5.74) is 2.88. The van der Waals surface area contributed by atoms with Gasteiger partial charge in [-0.05, 0) is 26.7 Å². The van der Waals surface area contributed by atoms with Crippen molar-refractivity contribution in [2.45, 2.75) is 33.2 Å². The molecule has 1 aromatic rings. The van der Waals surface area contributed by atoms with Crippen LogP contribution in [0.5, 0.6) is 0 Å². The molecule has 1 aliphatic carbocycles. The molecular formula is C15H21N3O3. The van der Waals surface area contributed by atoms with Crippen molar-refractivity contribution in [3.8, 4) is 0 Å². The normalized spacial score (nSPS) is 21.3. The molecule has 0 saturated carbocycles. The number of aryl methyl sites for hydroxylation is 2. The molecule has 1 amide bonds. The highest BCUT2D eigenvalue weighted by atomic mass is 16.4. The highest BCUT2D eigenvalue weighted by Crippen LogP contribution is 2.26. The van der Waals surface area contributed by atoms with Gasteiger partial charge in [0.1, 0.15) is 0 Å². The van der Waals surface area contributed by atoms with Crippen LogP contribution in [0, 0.1) is 25.7 Å². The summed E-state index contributed by atoms with van der Waals surface area (Å²) in [5, 5.41) is 16.4. The molecule has 0 aromatic carbocycles. The Hall–Kier alpha value is -2.11. The molecule has 6 heteroatoms. The van der Waals surface area contributed by atoms with Crippen LogP contribution in [-0.2, 0) is 23.2 Å². The van der Waals surface area contributed by atoms with E-state index >= 15 is 0 Å². The molecule has 0 bridgehead atoms. The third-order valence-corrected chi connectivity index (χ3v) is 4.18. The van der Waals surface area contributed by atoms with E-state index in [0.29, 0.717) is 19.4 Å². The van der Waals surface area contributed by atoms with Crippen molar-refractivity contribution >= 4 is 11.9 Å².